The quantitative estimate of drug-likeness (QED) is 0.400. The lowest BCUT2D eigenvalue weighted by Gasteiger charge is -2.33. The van der Waals surface area contributed by atoms with Crippen molar-refractivity contribution in [1.82, 2.24) is 35.0 Å². The highest BCUT2D eigenvalue weighted by Crippen LogP contribution is 2.41. The molecule has 1 saturated carbocycles. The van der Waals surface area contributed by atoms with E-state index in [9.17, 15) is 18.4 Å². The van der Waals surface area contributed by atoms with Crippen LogP contribution in [0, 0.1) is 17.8 Å². The molecule has 1 unspecified atom stereocenters. The van der Waals surface area contributed by atoms with Gasteiger partial charge in [-0.1, -0.05) is 13.0 Å². The number of ether oxygens (including phenoxy) is 1. The fourth-order valence-electron chi connectivity index (χ4n) is 6.66. The molecule has 3 atom stereocenters. The standard InChI is InChI=1S/C31H39F2N7O3/c1-3-39-26(6-11-35-39)30(42)37-28(21-4-9-31(32,33)10-5-21)25-18-40-27(36-25)16-23(20-7-12-43-13-8-20)24(38-40)15-22-14-19(2)17-34-29(22)41/h6-7,11,16,18-19,21-22,28H,3-5,8-10,12-15,17H2,1-2H3,(H,34,41)(H,37,42)/t19-,22?,28-/m0/s1. The summed E-state index contributed by atoms with van der Waals surface area (Å²) in [6.45, 7) is 6.36. The summed E-state index contributed by atoms with van der Waals surface area (Å²) in [6.07, 6.45) is 7.51. The number of rotatable bonds is 8. The molecule has 0 aromatic carbocycles. The van der Waals surface area contributed by atoms with Crippen LogP contribution in [-0.4, -0.2) is 61.9 Å². The number of halogens is 2. The van der Waals surface area contributed by atoms with Gasteiger partial charge in [0.05, 0.1) is 36.8 Å². The van der Waals surface area contributed by atoms with Crippen LogP contribution in [0.3, 0.4) is 0 Å². The molecule has 3 aromatic rings. The molecule has 1 saturated heterocycles. The van der Waals surface area contributed by atoms with Crippen LogP contribution in [0.5, 0.6) is 0 Å². The number of nitrogens with one attached hydrogen (secondary N) is 2. The molecule has 2 fully saturated rings. The SMILES string of the molecule is CCn1nccc1C(=O)N[C@H](c1cn2nc(CC3C[C@H](C)CNC3=O)c(C3=CCOCC3)cc2n1)C1CCC(F)(F)CC1. The average molecular weight is 596 g/mol. The van der Waals surface area contributed by atoms with E-state index >= 15 is 0 Å². The number of carbonyl (C=O) groups excluding carboxylic acids is 2. The molecule has 5 heterocycles. The van der Waals surface area contributed by atoms with E-state index in [4.69, 9.17) is 14.8 Å². The summed E-state index contributed by atoms with van der Waals surface area (Å²) in [5, 5.41) is 15.3. The molecule has 2 N–H and O–H groups in total. The van der Waals surface area contributed by atoms with E-state index in [0.717, 1.165) is 29.7 Å². The van der Waals surface area contributed by atoms with E-state index < -0.39 is 12.0 Å². The van der Waals surface area contributed by atoms with Gasteiger partial charge in [0.15, 0.2) is 5.65 Å². The molecule has 6 rings (SSSR count). The minimum absolute atomic E-state index is 0.0430. The highest BCUT2D eigenvalue weighted by atomic mass is 19.3. The third-order valence-corrected chi connectivity index (χ3v) is 9.06. The van der Waals surface area contributed by atoms with Gasteiger partial charge in [0.25, 0.3) is 5.91 Å². The summed E-state index contributed by atoms with van der Waals surface area (Å²) in [5.41, 5.74) is 4.45. The molecule has 0 bridgehead atoms. The number of aromatic nitrogens is 5. The number of amides is 2. The van der Waals surface area contributed by atoms with Crippen molar-refractivity contribution >= 4 is 23.0 Å². The number of hydrogen-bond acceptors (Lipinski definition) is 6. The third-order valence-electron chi connectivity index (χ3n) is 9.06. The van der Waals surface area contributed by atoms with Crippen molar-refractivity contribution in [1.29, 1.82) is 0 Å². The first kappa shape index (κ1) is 29.4. The zero-order chi connectivity index (χ0) is 30.1. The van der Waals surface area contributed by atoms with Crippen molar-refractivity contribution < 1.29 is 23.1 Å². The Morgan fingerprint density at radius 3 is 2.86 bits per heavy atom. The number of nitrogens with zero attached hydrogens (tertiary/aromatic N) is 5. The van der Waals surface area contributed by atoms with Gasteiger partial charge in [-0.25, -0.2) is 18.3 Å². The number of alkyl halides is 2. The van der Waals surface area contributed by atoms with Gasteiger partial charge in [-0.15, -0.1) is 0 Å². The molecule has 12 heteroatoms. The van der Waals surface area contributed by atoms with Gasteiger partial charge in [0, 0.05) is 50.0 Å². The lowest BCUT2D eigenvalue weighted by molar-refractivity contribution is -0.127. The molecular formula is C31H39F2N7O3. The summed E-state index contributed by atoms with van der Waals surface area (Å²) in [5.74, 6) is -2.99. The zero-order valence-electron chi connectivity index (χ0n) is 24.7. The van der Waals surface area contributed by atoms with E-state index in [1.807, 2.05) is 13.0 Å². The number of hydrogen-bond donors (Lipinski definition) is 2. The topological polar surface area (TPSA) is 115 Å². The Hall–Kier alpha value is -3.67. The van der Waals surface area contributed by atoms with Crippen molar-refractivity contribution in [2.75, 3.05) is 19.8 Å². The van der Waals surface area contributed by atoms with Crippen molar-refractivity contribution in [3.05, 3.63) is 53.2 Å². The van der Waals surface area contributed by atoms with Gasteiger partial charge >= 0.3 is 0 Å². The average Bonchev–Trinajstić information content (AvgIpc) is 3.65. The predicted octanol–water partition coefficient (Wildman–Crippen LogP) is 4.36. The molecule has 2 aliphatic heterocycles. The third kappa shape index (κ3) is 6.34. The Labute approximate surface area is 249 Å². The predicted molar refractivity (Wildman–Crippen MR) is 155 cm³/mol. The normalized spacial score (nSPS) is 23.5. The molecular weight excluding hydrogens is 556 g/mol. The van der Waals surface area contributed by atoms with Crippen molar-refractivity contribution in [3.63, 3.8) is 0 Å². The minimum Gasteiger partial charge on any atom is -0.377 e. The Morgan fingerprint density at radius 1 is 1.30 bits per heavy atom. The van der Waals surface area contributed by atoms with Crippen LogP contribution >= 0.6 is 0 Å². The zero-order valence-corrected chi connectivity index (χ0v) is 24.7. The Bertz CT molecular complexity index is 1520. The van der Waals surface area contributed by atoms with Crippen LogP contribution in [0.4, 0.5) is 8.78 Å². The maximum atomic E-state index is 14.1. The van der Waals surface area contributed by atoms with Gasteiger partial charge in [-0.3, -0.25) is 14.3 Å². The van der Waals surface area contributed by atoms with Gasteiger partial charge in [-0.05, 0) is 62.1 Å². The van der Waals surface area contributed by atoms with Crippen molar-refractivity contribution in [2.45, 2.75) is 77.3 Å². The van der Waals surface area contributed by atoms with E-state index in [1.54, 1.807) is 27.7 Å². The number of imidazole rings is 1. The number of piperidine rings is 1. The van der Waals surface area contributed by atoms with Crippen LogP contribution in [-0.2, 0) is 22.5 Å². The monoisotopic (exact) mass is 595 g/mol. The fourth-order valence-corrected chi connectivity index (χ4v) is 6.66. The maximum absolute atomic E-state index is 14.1. The molecule has 2 amide bonds. The first-order valence-corrected chi connectivity index (χ1v) is 15.4. The van der Waals surface area contributed by atoms with Crippen molar-refractivity contribution in [3.8, 4) is 0 Å². The fraction of sp³-hybridized carbons (Fsp3) is 0.581. The van der Waals surface area contributed by atoms with Gasteiger partial charge in [0.1, 0.15) is 5.69 Å². The largest absolute Gasteiger partial charge is 0.377 e. The Morgan fingerprint density at radius 2 is 2.12 bits per heavy atom. The van der Waals surface area contributed by atoms with Gasteiger partial charge in [-0.2, -0.15) is 10.2 Å². The molecule has 3 aliphatic rings. The van der Waals surface area contributed by atoms with Crippen LogP contribution in [0.1, 0.15) is 85.9 Å². The molecule has 3 aromatic heterocycles. The van der Waals surface area contributed by atoms with E-state index in [2.05, 4.69) is 28.7 Å². The summed E-state index contributed by atoms with van der Waals surface area (Å²) < 4.78 is 37.1. The Balaban J connectivity index is 1.37. The molecule has 0 spiro atoms. The van der Waals surface area contributed by atoms with E-state index in [-0.39, 0.29) is 49.3 Å². The second kappa shape index (κ2) is 12.1. The Kier molecular flexibility index (Phi) is 8.30. The summed E-state index contributed by atoms with van der Waals surface area (Å²) in [6, 6.07) is 3.07. The van der Waals surface area contributed by atoms with E-state index in [1.165, 1.54) is 0 Å². The number of carbonyl (C=O) groups is 2. The first-order chi connectivity index (χ1) is 20.7. The number of aryl methyl sites for hydroxylation is 1. The highest BCUT2D eigenvalue weighted by molar-refractivity contribution is 5.92. The molecule has 0 radical (unpaired) electrons. The van der Waals surface area contributed by atoms with Crippen LogP contribution in [0.2, 0.25) is 0 Å². The van der Waals surface area contributed by atoms with Crippen LogP contribution in [0.25, 0.3) is 11.2 Å². The maximum Gasteiger partial charge on any atom is 0.270 e. The smallest absolute Gasteiger partial charge is 0.270 e. The highest BCUT2D eigenvalue weighted by Gasteiger charge is 2.39. The van der Waals surface area contributed by atoms with Gasteiger partial charge in [0.2, 0.25) is 11.8 Å². The lowest BCUT2D eigenvalue weighted by Crippen LogP contribution is -2.41. The van der Waals surface area contributed by atoms with E-state index in [0.29, 0.717) is 55.7 Å². The molecule has 230 valence electrons. The molecule has 43 heavy (non-hydrogen) atoms. The van der Waals surface area contributed by atoms with Crippen LogP contribution in [0.15, 0.2) is 30.6 Å². The summed E-state index contributed by atoms with van der Waals surface area (Å²) in [7, 11) is 0. The molecule has 10 nitrogen and oxygen atoms in total. The molecule has 1 aliphatic carbocycles. The van der Waals surface area contributed by atoms with Gasteiger partial charge < -0.3 is 15.4 Å². The van der Waals surface area contributed by atoms with Crippen molar-refractivity contribution in [2.24, 2.45) is 17.8 Å². The minimum atomic E-state index is -2.70. The number of fused-ring (bicyclic) bond motifs is 1. The first-order valence-electron chi connectivity index (χ1n) is 15.4. The second-order valence-corrected chi connectivity index (χ2v) is 12.2. The second-order valence-electron chi connectivity index (χ2n) is 12.2. The van der Waals surface area contributed by atoms with Crippen LogP contribution < -0.4 is 10.6 Å². The summed E-state index contributed by atoms with van der Waals surface area (Å²) in [4.78, 5) is 31.1. The lowest BCUT2D eigenvalue weighted by atomic mass is 9.81. The summed E-state index contributed by atoms with van der Waals surface area (Å²) >= 11 is 0.